The number of alkyl halides is 3. The monoisotopic (exact) mass is 2490 g/mol. The van der Waals surface area contributed by atoms with Gasteiger partial charge in [0.25, 0.3) is 0 Å². The third kappa shape index (κ3) is 35.3. The summed E-state index contributed by atoms with van der Waals surface area (Å²) in [6, 6.07) is 96.7. The van der Waals surface area contributed by atoms with E-state index in [4.69, 9.17) is 77.6 Å². The first-order valence-corrected chi connectivity index (χ1v) is 40.9. The van der Waals surface area contributed by atoms with Crippen molar-refractivity contribution in [3.63, 3.8) is 0 Å². The molecule has 0 saturated heterocycles. The third-order valence-corrected chi connectivity index (χ3v) is 18.4. The molecule has 0 aliphatic heterocycles. The molecule has 0 spiro atoms. The van der Waals surface area contributed by atoms with E-state index < -0.39 is 11.7 Å². The maximum Gasteiger partial charge on any atom is 0.381 e. The minimum absolute atomic E-state index is 0. The molecule has 0 radical (unpaired) electrons. The number of nitriles is 1. The molecular formula is C104H97F5N10O8Pt4-4. The number of aromatic nitrogens is 8. The van der Waals surface area contributed by atoms with Crippen molar-refractivity contribution in [1.29, 1.82) is 5.26 Å². The topological polar surface area (TPSA) is 293 Å². The number of benzene rings is 12. The molecule has 8 atom stereocenters. The maximum atomic E-state index is 13.2. The summed E-state index contributed by atoms with van der Waals surface area (Å²) < 4.78 is 65.0. The molecule has 0 aliphatic rings. The Morgan fingerprint density at radius 2 is 0.595 bits per heavy atom. The van der Waals surface area contributed by atoms with E-state index >= 15 is 0 Å². The van der Waals surface area contributed by atoms with Crippen LogP contribution in [0.5, 0.6) is 0 Å². The first-order chi connectivity index (χ1) is 60.8. The van der Waals surface area contributed by atoms with E-state index in [1.165, 1.54) is 30.3 Å². The summed E-state index contributed by atoms with van der Waals surface area (Å²) in [5.74, 6) is -0.682. The van der Waals surface area contributed by atoms with Crippen LogP contribution in [-0.4, -0.2) is 130 Å². The van der Waals surface area contributed by atoms with Gasteiger partial charge in [-0.3, -0.25) is 44.3 Å². The zero-order valence-electron chi connectivity index (χ0n) is 72.7. The number of hydrogen-bond donors (Lipinski definition) is 8. The fourth-order valence-corrected chi connectivity index (χ4v) is 12.6. The van der Waals surface area contributed by atoms with E-state index in [0.29, 0.717) is 82.0 Å². The molecule has 8 unspecified atom stereocenters. The number of rotatable bonds is 16. The molecule has 16 rings (SSSR count). The summed E-state index contributed by atoms with van der Waals surface area (Å²) in [5.41, 5.74) is 19.6. The number of aliphatic hydroxyl groups excluding tert-OH is 8. The second-order valence-corrected chi connectivity index (χ2v) is 30.1. The van der Waals surface area contributed by atoms with Crippen molar-refractivity contribution >= 4 is 49.8 Å². The zero-order valence-corrected chi connectivity index (χ0v) is 81.8. The Morgan fingerprint density at radius 3 is 0.863 bits per heavy atom. The maximum absolute atomic E-state index is 13.2. The molecule has 131 heavy (non-hydrogen) atoms. The van der Waals surface area contributed by atoms with Gasteiger partial charge in [0.05, 0.1) is 122 Å². The van der Waals surface area contributed by atoms with Gasteiger partial charge in [-0.15, -0.1) is 125 Å². The van der Waals surface area contributed by atoms with Crippen LogP contribution in [0, 0.1) is 60.7 Å². The van der Waals surface area contributed by atoms with Crippen LogP contribution in [0.1, 0.15) is 97.8 Å². The van der Waals surface area contributed by atoms with E-state index in [1.54, 1.807) is 97.9 Å². The summed E-state index contributed by atoms with van der Waals surface area (Å²) in [7, 11) is 0. The zero-order chi connectivity index (χ0) is 91.7. The number of nitrogens with zero attached hydrogens (tertiary/aromatic N) is 10. The van der Waals surface area contributed by atoms with Crippen molar-refractivity contribution in [3.8, 4) is 96.1 Å². The van der Waals surface area contributed by atoms with E-state index in [0.717, 1.165) is 107 Å². The number of halogens is 5. The first-order valence-electron chi connectivity index (χ1n) is 40.9. The summed E-state index contributed by atoms with van der Waals surface area (Å²) in [4.78, 5) is 41.4. The van der Waals surface area contributed by atoms with Crippen LogP contribution >= 0.6 is 0 Å². The van der Waals surface area contributed by atoms with Crippen LogP contribution in [0.2, 0.25) is 0 Å². The number of fused-ring (bicyclic) bond motifs is 4. The van der Waals surface area contributed by atoms with Crippen molar-refractivity contribution in [2.75, 3.05) is 0 Å². The number of aryl methyl sites for hydroxylation is 1. The quantitative estimate of drug-likeness (QED) is 0.0329. The number of para-hydroxylation sites is 8. The average molecular weight is 2490 g/mol. The molecule has 0 aliphatic carbocycles. The Kier molecular flexibility index (Phi) is 46.8. The second-order valence-electron chi connectivity index (χ2n) is 30.1. The Balaban J connectivity index is 0.000000279. The van der Waals surface area contributed by atoms with Gasteiger partial charge >= 0.3 is 6.18 Å². The van der Waals surface area contributed by atoms with Crippen LogP contribution in [0.25, 0.3) is 139 Å². The second kappa shape index (κ2) is 55.4. The first kappa shape index (κ1) is 111. The van der Waals surface area contributed by atoms with E-state index in [2.05, 4.69) is 62.3 Å². The van der Waals surface area contributed by atoms with Crippen molar-refractivity contribution in [3.05, 3.63) is 343 Å². The smallest absolute Gasteiger partial charge is 0.381 e. The van der Waals surface area contributed by atoms with Gasteiger partial charge in [-0.1, -0.05) is 145 Å². The van der Waals surface area contributed by atoms with Crippen molar-refractivity contribution < 1.29 is 147 Å². The summed E-state index contributed by atoms with van der Waals surface area (Å²) >= 11 is 0. The molecule has 0 saturated carbocycles. The molecule has 18 nitrogen and oxygen atoms in total. The standard InChI is InChI=1S/C22H14F3N2.C22H11N4.C20H11F2N2.C20H13N2.4C5H12O2.4Pt/c1-14-6-8-15(9-7-14)20-21(27-19-5-3-2-4-18(19)26-20)16-10-12-17(13-11-16)22(23,24)25;1-24-18-12-10-17(11-13-18)22-21(16-8-6-15(14-23)7-9-16)25-19-4-2-3-5-20(19)26-22;21-15-9-5-13(6-10-15)19-20(14-7-11-16(22)12-8-14)24-18-4-2-1-3-17(18)23-19;1-3-9-15(10-4-1)19-20(16-11-5-2-6-12-16)22-18-14-8-7-13-17(18)21-19;4*1-4(6)3-5(2)7;;;;/h2-10,12-13H,1H3;2-8,10-13H;1-7,9-12H;1-11,13-14H;4*4-7H,3H2,1-2H3;;;;/q4*-1;;;;;;;;. The molecule has 4 aromatic heterocycles. The minimum Gasteiger partial charge on any atom is -0.393 e. The molecule has 0 bridgehead atoms. The summed E-state index contributed by atoms with van der Waals surface area (Å²) in [6.45, 7) is 22.4. The van der Waals surface area contributed by atoms with E-state index in [9.17, 15) is 22.0 Å². The predicted molar refractivity (Wildman–Crippen MR) is 490 cm³/mol. The third-order valence-electron chi connectivity index (χ3n) is 18.4. The predicted octanol–water partition coefficient (Wildman–Crippen LogP) is 21.6. The normalized spacial score (nSPS) is 12.3. The number of hydrogen-bond acceptors (Lipinski definition) is 17. The molecule has 12 aromatic carbocycles. The molecule has 16 aromatic rings. The summed E-state index contributed by atoms with van der Waals surface area (Å²) in [6.07, 6.45) is -5.51. The van der Waals surface area contributed by atoms with Gasteiger partial charge in [-0.05, 0) is 182 Å². The van der Waals surface area contributed by atoms with Crippen LogP contribution in [0.4, 0.5) is 27.6 Å². The van der Waals surface area contributed by atoms with E-state index in [-0.39, 0.29) is 145 Å². The largest absolute Gasteiger partial charge is 0.393 e. The molecule has 8 N–H and O–H groups in total. The fourth-order valence-electron chi connectivity index (χ4n) is 12.6. The van der Waals surface area contributed by atoms with Crippen LogP contribution in [-0.2, 0) is 90.4 Å². The van der Waals surface area contributed by atoms with Gasteiger partial charge in [0.2, 0.25) is 0 Å². The van der Waals surface area contributed by atoms with Crippen molar-refractivity contribution in [1.82, 2.24) is 39.9 Å². The fraction of sp³-hybridized carbons (Fsp3) is 0.212. The van der Waals surface area contributed by atoms with Gasteiger partial charge in [-0.2, -0.15) is 13.2 Å². The Labute approximate surface area is 817 Å². The van der Waals surface area contributed by atoms with Crippen LogP contribution in [0.3, 0.4) is 0 Å². The van der Waals surface area contributed by atoms with E-state index in [1.807, 2.05) is 189 Å². The SMILES string of the molecule is CC(O)CC(C)O.CC(O)CC(C)O.CC(O)CC(C)O.CC(O)CC(C)O.Cc1ccc(-c2nc3ccccc3nc2-c2[c-]cc(C(F)(F)F)cc2)cc1.Fc1c[c-]c(-c2nc3ccccc3nc2-c2ccc(F)cc2)cc1.[C-]#[N+]c1ccc(-c2nc3ccccc3nc2-c2[c-]cc(C#N)cc2)cc1.[Pt].[Pt].[Pt].[Pt].[c-]1ccccc1-c1nc2ccccc2nc1-c1ccccc1. The molecule has 0 amide bonds. The minimum atomic E-state index is -4.40. The van der Waals surface area contributed by atoms with Crippen LogP contribution < -0.4 is 0 Å². The van der Waals surface area contributed by atoms with Gasteiger partial charge in [-0.25, -0.2) is 14.5 Å². The van der Waals surface area contributed by atoms with Gasteiger partial charge < -0.3 is 40.9 Å². The summed E-state index contributed by atoms with van der Waals surface area (Å²) in [5, 5.41) is 77.5. The van der Waals surface area contributed by atoms with Gasteiger partial charge in [0, 0.05) is 119 Å². The Morgan fingerprint density at radius 1 is 0.321 bits per heavy atom. The Bertz CT molecular complexity index is 5890. The molecule has 690 valence electrons. The average Bonchev–Trinajstić information content (AvgIpc) is 0.787. The molecule has 4 heterocycles. The molecule has 27 heteroatoms. The van der Waals surface area contributed by atoms with Gasteiger partial charge in [0.1, 0.15) is 5.82 Å². The molecule has 0 fully saturated rings. The van der Waals surface area contributed by atoms with Gasteiger partial charge in [0.15, 0.2) is 5.69 Å². The van der Waals surface area contributed by atoms with Crippen molar-refractivity contribution in [2.45, 2.75) is 143 Å². The van der Waals surface area contributed by atoms with Crippen molar-refractivity contribution in [2.24, 2.45) is 0 Å². The van der Waals surface area contributed by atoms with Crippen LogP contribution in [0.15, 0.2) is 279 Å². The molecular weight excluding hydrogens is 2390 g/mol. The Hall–Kier alpha value is -10.9. The number of aliphatic hydroxyl groups is 8.